The van der Waals surface area contributed by atoms with Gasteiger partial charge in [0.15, 0.2) is 5.76 Å². The number of carbonyl (C=O) groups excluding carboxylic acids is 1. The summed E-state index contributed by atoms with van der Waals surface area (Å²) in [6.07, 6.45) is 1.42. The normalized spacial score (nSPS) is 11.8. The van der Waals surface area contributed by atoms with Crippen LogP contribution >= 0.6 is 0 Å². The Morgan fingerprint density at radius 2 is 2.05 bits per heavy atom. The van der Waals surface area contributed by atoms with Gasteiger partial charge in [-0.05, 0) is 25.8 Å². The molecule has 19 heavy (non-hydrogen) atoms. The van der Waals surface area contributed by atoms with Crippen LogP contribution in [0.25, 0.3) is 0 Å². The number of carboxylic acids is 2. The highest BCUT2D eigenvalue weighted by molar-refractivity contribution is 5.95. The molecule has 104 valence electrons. The van der Waals surface area contributed by atoms with E-state index in [2.05, 4.69) is 5.32 Å². The Morgan fingerprint density at radius 1 is 1.37 bits per heavy atom. The lowest BCUT2D eigenvalue weighted by Crippen LogP contribution is -2.40. The number of carboxylic acid groups (broad SMARTS) is 2. The molecular formula is C12H15NO6. The lowest BCUT2D eigenvalue weighted by atomic mass is 10.1. The van der Waals surface area contributed by atoms with Crippen molar-refractivity contribution in [3.63, 3.8) is 0 Å². The Morgan fingerprint density at radius 3 is 2.53 bits per heavy atom. The SMILES string of the molecule is Cc1ccoc1C(=O)N[C@H](CCCC(=O)O)C(=O)O. The molecule has 0 spiro atoms. The van der Waals surface area contributed by atoms with Gasteiger partial charge in [0.2, 0.25) is 0 Å². The van der Waals surface area contributed by atoms with Crippen LogP contribution in [0.4, 0.5) is 0 Å². The zero-order chi connectivity index (χ0) is 14.4. The predicted molar refractivity (Wildman–Crippen MR) is 63.8 cm³/mol. The fourth-order valence-electron chi connectivity index (χ4n) is 1.54. The highest BCUT2D eigenvalue weighted by atomic mass is 16.4. The molecule has 0 saturated carbocycles. The Kier molecular flexibility index (Phi) is 5.11. The molecule has 1 aromatic rings. The Labute approximate surface area is 109 Å². The molecule has 0 bridgehead atoms. The molecule has 0 aliphatic rings. The smallest absolute Gasteiger partial charge is 0.326 e. The van der Waals surface area contributed by atoms with Gasteiger partial charge in [0.1, 0.15) is 6.04 Å². The third-order valence-corrected chi connectivity index (χ3v) is 2.56. The van der Waals surface area contributed by atoms with Gasteiger partial charge in [0, 0.05) is 12.0 Å². The summed E-state index contributed by atoms with van der Waals surface area (Å²) >= 11 is 0. The summed E-state index contributed by atoms with van der Waals surface area (Å²) in [5.41, 5.74) is 0.604. The summed E-state index contributed by atoms with van der Waals surface area (Å²) in [5, 5.41) is 19.8. The standard InChI is InChI=1S/C12H15NO6/c1-7-5-6-19-10(7)11(16)13-8(12(17)18)3-2-4-9(14)15/h5-6,8H,2-4H2,1H3,(H,13,16)(H,14,15)(H,17,18)/t8-/m1/s1. The van der Waals surface area contributed by atoms with Crippen LogP contribution in [0.15, 0.2) is 16.7 Å². The molecule has 7 heteroatoms. The second-order valence-electron chi connectivity index (χ2n) is 4.08. The molecule has 0 fully saturated rings. The van der Waals surface area contributed by atoms with Crippen LogP contribution in [0, 0.1) is 6.92 Å². The van der Waals surface area contributed by atoms with Crippen molar-refractivity contribution in [1.29, 1.82) is 0 Å². The third kappa shape index (κ3) is 4.46. The molecule has 0 radical (unpaired) electrons. The van der Waals surface area contributed by atoms with Crippen LogP contribution in [0.1, 0.15) is 35.4 Å². The van der Waals surface area contributed by atoms with E-state index in [1.165, 1.54) is 6.26 Å². The van der Waals surface area contributed by atoms with Gasteiger partial charge in [-0.1, -0.05) is 0 Å². The molecule has 1 amide bonds. The molecule has 0 saturated heterocycles. The first-order valence-corrected chi connectivity index (χ1v) is 5.71. The lowest BCUT2D eigenvalue weighted by Gasteiger charge is -2.13. The molecule has 0 aliphatic carbocycles. The molecule has 1 heterocycles. The molecule has 3 N–H and O–H groups in total. The highest BCUT2D eigenvalue weighted by Gasteiger charge is 2.22. The van der Waals surface area contributed by atoms with Crippen molar-refractivity contribution < 1.29 is 29.0 Å². The topological polar surface area (TPSA) is 117 Å². The van der Waals surface area contributed by atoms with Gasteiger partial charge in [-0.15, -0.1) is 0 Å². The first-order chi connectivity index (χ1) is 8.91. The largest absolute Gasteiger partial charge is 0.481 e. The van der Waals surface area contributed by atoms with Gasteiger partial charge in [-0.3, -0.25) is 9.59 Å². The number of hydrogen-bond donors (Lipinski definition) is 3. The van der Waals surface area contributed by atoms with E-state index in [-0.39, 0.29) is 25.0 Å². The number of furan rings is 1. The van der Waals surface area contributed by atoms with Crippen LogP contribution in [-0.4, -0.2) is 34.1 Å². The van der Waals surface area contributed by atoms with Crippen LogP contribution in [0.2, 0.25) is 0 Å². The maximum atomic E-state index is 11.8. The number of amides is 1. The number of hydrogen-bond acceptors (Lipinski definition) is 4. The van der Waals surface area contributed by atoms with Gasteiger partial charge in [-0.25, -0.2) is 4.79 Å². The zero-order valence-corrected chi connectivity index (χ0v) is 10.4. The van der Waals surface area contributed by atoms with Gasteiger partial charge >= 0.3 is 11.9 Å². The Balaban J connectivity index is 2.59. The van der Waals surface area contributed by atoms with Gasteiger partial charge in [0.25, 0.3) is 5.91 Å². The predicted octanol–water partition coefficient (Wildman–Crippen LogP) is 1.03. The molecule has 1 rings (SSSR count). The molecular weight excluding hydrogens is 254 g/mol. The van der Waals surface area contributed by atoms with E-state index in [4.69, 9.17) is 14.6 Å². The monoisotopic (exact) mass is 269 g/mol. The van der Waals surface area contributed by atoms with E-state index in [1.807, 2.05) is 0 Å². The van der Waals surface area contributed by atoms with Crippen molar-refractivity contribution in [2.24, 2.45) is 0 Å². The number of nitrogens with one attached hydrogen (secondary N) is 1. The minimum Gasteiger partial charge on any atom is -0.481 e. The van der Waals surface area contributed by atoms with E-state index < -0.39 is 23.9 Å². The summed E-state index contributed by atoms with van der Waals surface area (Å²) in [5.74, 6) is -2.77. The second kappa shape index (κ2) is 6.58. The highest BCUT2D eigenvalue weighted by Crippen LogP contribution is 2.10. The first kappa shape index (κ1) is 14.7. The van der Waals surface area contributed by atoms with Gasteiger partial charge in [-0.2, -0.15) is 0 Å². The summed E-state index contributed by atoms with van der Waals surface area (Å²) < 4.78 is 4.95. The van der Waals surface area contributed by atoms with E-state index in [0.29, 0.717) is 5.56 Å². The maximum absolute atomic E-state index is 11.8. The molecule has 7 nitrogen and oxygen atoms in total. The number of aryl methyl sites for hydroxylation is 1. The summed E-state index contributed by atoms with van der Waals surface area (Å²) in [4.78, 5) is 33.1. The molecule has 0 unspecified atom stereocenters. The third-order valence-electron chi connectivity index (χ3n) is 2.56. The molecule has 0 aromatic carbocycles. The summed E-state index contributed by atoms with van der Waals surface area (Å²) in [6, 6.07) is 0.464. The van der Waals surface area contributed by atoms with Gasteiger partial charge in [0.05, 0.1) is 6.26 Å². The van der Waals surface area contributed by atoms with E-state index in [9.17, 15) is 14.4 Å². The molecule has 1 aromatic heterocycles. The van der Waals surface area contributed by atoms with E-state index in [1.54, 1.807) is 13.0 Å². The molecule has 1 atom stereocenters. The van der Waals surface area contributed by atoms with Crippen molar-refractivity contribution >= 4 is 17.8 Å². The maximum Gasteiger partial charge on any atom is 0.326 e. The molecule has 0 aliphatic heterocycles. The van der Waals surface area contributed by atoms with Crippen LogP contribution < -0.4 is 5.32 Å². The zero-order valence-electron chi connectivity index (χ0n) is 10.4. The van der Waals surface area contributed by atoms with Crippen molar-refractivity contribution in [2.75, 3.05) is 0 Å². The lowest BCUT2D eigenvalue weighted by molar-refractivity contribution is -0.140. The average molecular weight is 269 g/mol. The van der Waals surface area contributed by atoms with Crippen LogP contribution in [-0.2, 0) is 9.59 Å². The second-order valence-corrected chi connectivity index (χ2v) is 4.08. The van der Waals surface area contributed by atoms with E-state index >= 15 is 0 Å². The quantitative estimate of drug-likeness (QED) is 0.680. The Hall–Kier alpha value is -2.31. The van der Waals surface area contributed by atoms with Crippen molar-refractivity contribution in [1.82, 2.24) is 5.32 Å². The van der Waals surface area contributed by atoms with Crippen molar-refractivity contribution in [3.8, 4) is 0 Å². The number of rotatable bonds is 7. The number of aliphatic carboxylic acids is 2. The minimum absolute atomic E-state index is 0.0487. The first-order valence-electron chi connectivity index (χ1n) is 5.71. The van der Waals surface area contributed by atoms with Crippen molar-refractivity contribution in [2.45, 2.75) is 32.2 Å². The van der Waals surface area contributed by atoms with Crippen molar-refractivity contribution in [3.05, 3.63) is 23.7 Å². The number of carbonyl (C=O) groups is 3. The van der Waals surface area contributed by atoms with Crippen LogP contribution in [0.5, 0.6) is 0 Å². The average Bonchev–Trinajstić information content (AvgIpc) is 2.73. The van der Waals surface area contributed by atoms with Gasteiger partial charge < -0.3 is 19.9 Å². The Bertz CT molecular complexity index is 478. The fraction of sp³-hybridized carbons (Fsp3) is 0.417. The van der Waals surface area contributed by atoms with Crippen LogP contribution in [0.3, 0.4) is 0 Å². The summed E-state index contributed by atoms with van der Waals surface area (Å²) in [6.45, 7) is 1.67. The van der Waals surface area contributed by atoms with E-state index in [0.717, 1.165) is 0 Å². The summed E-state index contributed by atoms with van der Waals surface area (Å²) in [7, 11) is 0. The fourth-order valence-corrected chi connectivity index (χ4v) is 1.54. The minimum atomic E-state index is -1.21.